The van der Waals surface area contributed by atoms with Crippen molar-refractivity contribution in [3.63, 3.8) is 0 Å². The van der Waals surface area contributed by atoms with E-state index in [0.29, 0.717) is 36.8 Å². The Morgan fingerprint density at radius 2 is 2.12 bits per heavy atom. The molecule has 8 nitrogen and oxygen atoms in total. The number of halogens is 2. The van der Waals surface area contributed by atoms with Crippen molar-refractivity contribution >= 4 is 23.2 Å². The number of hydrogen-bond donors (Lipinski definition) is 2. The number of benzene rings is 2. The Hall–Kier alpha value is -3.56. The molecule has 0 saturated carbocycles. The molecule has 1 amide bonds. The van der Waals surface area contributed by atoms with Crippen molar-refractivity contribution in [3.8, 4) is 11.4 Å². The zero-order valence-electron chi connectivity index (χ0n) is 17.7. The molecule has 2 aromatic carbocycles. The predicted octanol–water partition coefficient (Wildman–Crippen LogP) is 4.51. The quantitative estimate of drug-likeness (QED) is 0.449. The third kappa shape index (κ3) is 4.50. The molecule has 1 aliphatic rings. The molecule has 33 heavy (non-hydrogen) atoms. The van der Waals surface area contributed by atoms with Crippen LogP contribution in [0.4, 0.5) is 10.1 Å². The van der Waals surface area contributed by atoms with Gasteiger partial charge in [0.05, 0.1) is 28.8 Å². The van der Waals surface area contributed by atoms with Gasteiger partial charge in [0.2, 0.25) is 17.6 Å². The second kappa shape index (κ2) is 8.76. The van der Waals surface area contributed by atoms with Gasteiger partial charge in [-0.05, 0) is 35.9 Å². The maximum absolute atomic E-state index is 13.5. The Labute approximate surface area is 193 Å². The molecule has 0 radical (unpaired) electrons. The summed E-state index contributed by atoms with van der Waals surface area (Å²) in [6.45, 7) is 2.74. The monoisotopic (exact) mass is 466 g/mol. The van der Waals surface area contributed by atoms with Crippen LogP contribution in [0.15, 0.2) is 53.3 Å². The van der Waals surface area contributed by atoms with E-state index in [1.54, 1.807) is 12.4 Å². The Balaban J connectivity index is 1.41. The molecule has 5 rings (SSSR count). The van der Waals surface area contributed by atoms with E-state index in [-0.39, 0.29) is 17.0 Å². The van der Waals surface area contributed by atoms with Crippen LogP contribution in [-0.2, 0) is 24.3 Å². The van der Waals surface area contributed by atoms with Gasteiger partial charge in [0.1, 0.15) is 5.82 Å². The van der Waals surface area contributed by atoms with E-state index in [2.05, 4.69) is 30.3 Å². The SMILES string of the molecule is CC(=O)Nc1ccc(CN2Cc3[nH]cnc3C[C@H]2c2nc(-c3ccc(F)c(Cl)c3)no2)cc1. The predicted molar refractivity (Wildman–Crippen MR) is 120 cm³/mol. The lowest BCUT2D eigenvalue weighted by atomic mass is 10.0. The van der Waals surface area contributed by atoms with Crippen LogP contribution in [0, 0.1) is 5.82 Å². The molecular formula is C23H20ClFN6O2. The van der Waals surface area contributed by atoms with Crippen LogP contribution in [-0.4, -0.2) is 30.9 Å². The maximum atomic E-state index is 13.5. The Kier molecular flexibility index (Phi) is 5.65. The van der Waals surface area contributed by atoms with Crippen LogP contribution >= 0.6 is 11.6 Å². The van der Waals surface area contributed by atoms with Gasteiger partial charge in [0.25, 0.3) is 0 Å². The summed E-state index contributed by atoms with van der Waals surface area (Å²) in [5.74, 6) is 0.187. The van der Waals surface area contributed by atoms with Gasteiger partial charge in [-0.25, -0.2) is 9.37 Å². The standard InChI is InChI=1S/C23H20ClFN6O2/c1-13(32)28-16-5-2-14(3-6-16)10-31-11-20-19(26-12-27-20)9-21(31)23-29-22(30-33-23)15-4-7-18(25)17(24)8-15/h2-8,12,21H,9-11H2,1H3,(H,26,27)(H,28,32)/t21-/m0/s1. The first kappa shape index (κ1) is 21.3. The minimum absolute atomic E-state index is 0.00187. The minimum atomic E-state index is -0.502. The van der Waals surface area contributed by atoms with E-state index >= 15 is 0 Å². The normalized spacial score (nSPS) is 15.9. The van der Waals surface area contributed by atoms with Gasteiger partial charge in [-0.15, -0.1) is 0 Å². The summed E-state index contributed by atoms with van der Waals surface area (Å²) in [5, 5.41) is 6.87. The first-order chi connectivity index (χ1) is 16.0. The maximum Gasteiger partial charge on any atom is 0.244 e. The summed E-state index contributed by atoms with van der Waals surface area (Å²) in [6, 6.07) is 11.8. The molecule has 0 saturated heterocycles. The van der Waals surface area contributed by atoms with E-state index in [1.807, 2.05) is 24.3 Å². The number of anilines is 1. The van der Waals surface area contributed by atoms with Crippen molar-refractivity contribution in [1.29, 1.82) is 0 Å². The molecule has 0 fully saturated rings. The summed E-state index contributed by atoms with van der Waals surface area (Å²) >= 11 is 5.91. The second-order valence-electron chi connectivity index (χ2n) is 7.92. The summed E-state index contributed by atoms with van der Waals surface area (Å²) in [5.41, 5.74) is 4.40. The molecule has 1 atom stereocenters. The van der Waals surface area contributed by atoms with Gasteiger partial charge < -0.3 is 14.8 Å². The van der Waals surface area contributed by atoms with E-state index in [4.69, 9.17) is 16.1 Å². The number of aromatic nitrogens is 4. The highest BCUT2D eigenvalue weighted by Crippen LogP contribution is 2.33. The van der Waals surface area contributed by atoms with E-state index < -0.39 is 5.82 Å². The Bertz CT molecular complexity index is 1300. The zero-order valence-corrected chi connectivity index (χ0v) is 18.4. The molecule has 168 valence electrons. The van der Waals surface area contributed by atoms with Crippen molar-refractivity contribution in [2.24, 2.45) is 0 Å². The largest absolute Gasteiger partial charge is 0.347 e. The average Bonchev–Trinajstić information content (AvgIpc) is 3.45. The summed E-state index contributed by atoms with van der Waals surface area (Å²) < 4.78 is 19.2. The highest BCUT2D eigenvalue weighted by Gasteiger charge is 2.33. The number of imidazole rings is 1. The molecule has 10 heteroatoms. The first-order valence-electron chi connectivity index (χ1n) is 10.4. The molecule has 0 unspecified atom stereocenters. The number of H-pyrrole nitrogens is 1. The topological polar surface area (TPSA) is 99.9 Å². The molecule has 0 aliphatic carbocycles. The highest BCUT2D eigenvalue weighted by molar-refractivity contribution is 6.31. The van der Waals surface area contributed by atoms with Crippen molar-refractivity contribution in [3.05, 3.63) is 82.5 Å². The van der Waals surface area contributed by atoms with Crippen LogP contribution in [0.3, 0.4) is 0 Å². The van der Waals surface area contributed by atoms with Crippen LogP contribution in [0.5, 0.6) is 0 Å². The molecule has 0 spiro atoms. The van der Waals surface area contributed by atoms with Gasteiger partial charge in [0, 0.05) is 37.7 Å². The summed E-state index contributed by atoms with van der Waals surface area (Å²) in [4.78, 5) is 25.7. The molecule has 3 heterocycles. The molecule has 1 aliphatic heterocycles. The van der Waals surface area contributed by atoms with Crippen molar-refractivity contribution in [2.75, 3.05) is 5.32 Å². The fraction of sp³-hybridized carbons (Fsp3) is 0.217. The lowest BCUT2D eigenvalue weighted by Gasteiger charge is -2.32. The number of nitrogens with one attached hydrogen (secondary N) is 2. The third-order valence-corrected chi connectivity index (χ3v) is 5.85. The zero-order chi connectivity index (χ0) is 22.9. The van der Waals surface area contributed by atoms with Gasteiger partial charge in [-0.1, -0.05) is 28.9 Å². The number of carbonyl (C=O) groups is 1. The fourth-order valence-corrected chi connectivity index (χ4v) is 4.13. The van der Waals surface area contributed by atoms with E-state index in [1.165, 1.54) is 19.1 Å². The summed E-state index contributed by atoms with van der Waals surface area (Å²) in [7, 11) is 0. The third-order valence-electron chi connectivity index (χ3n) is 5.56. The molecular weight excluding hydrogens is 447 g/mol. The van der Waals surface area contributed by atoms with Crippen LogP contribution in [0.1, 0.15) is 35.8 Å². The smallest absolute Gasteiger partial charge is 0.244 e. The number of amides is 1. The van der Waals surface area contributed by atoms with Crippen molar-refractivity contribution in [1.82, 2.24) is 25.0 Å². The number of hydrogen-bond acceptors (Lipinski definition) is 6. The average molecular weight is 467 g/mol. The van der Waals surface area contributed by atoms with E-state index in [0.717, 1.165) is 22.6 Å². The lowest BCUT2D eigenvalue weighted by Crippen LogP contribution is -2.34. The van der Waals surface area contributed by atoms with Crippen molar-refractivity contribution in [2.45, 2.75) is 32.5 Å². The molecule has 2 N–H and O–H groups in total. The first-order valence-corrected chi connectivity index (χ1v) is 10.7. The molecule has 2 aromatic heterocycles. The number of rotatable bonds is 5. The number of aromatic amines is 1. The second-order valence-corrected chi connectivity index (χ2v) is 8.32. The van der Waals surface area contributed by atoms with Crippen LogP contribution in [0.2, 0.25) is 5.02 Å². The summed E-state index contributed by atoms with van der Waals surface area (Å²) in [6.07, 6.45) is 2.29. The lowest BCUT2D eigenvalue weighted by molar-refractivity contribution is -0.114. The van der Waals surface area contributed by atoms with Crippen LogP contribution in [0.25, 0.3) is 11.4 Å². The Morgan fingerprint density at radius 3 is 2.88 bits per heavy atom. The molecule has 0 bridgehead atoms. The highest BCUT2D eigenvalue weighted by atomic mass is 35.5. The van der Waals surface area contributed by atoms with Gasteiger partial charge >= 0.3 is 0 Å². The number of fused-ring (bicyclic) bond motifs is 1. The fourth-order valence-electron chi connectivity index (χ4n) is 3.95. The number of nitrogens with zero attached hydrogens (tertiary/aromatic N) is 4. The van der Waals surface area contributed by atoms with Gasteiger partial charge in [0.15, 0.2) is 0 Å². The van der Waals surface area contributed by atoms with E-state index in [9.17, 15) is 9.18 Å². The molecule has 4 aromatic rings. The van der Waals surface area contributed by atoms with Crippen LogP contribution < -0.4 is 5.32 Å². The van der Waals surface area contributed by atoms with Crippen molar-refractivity contribution < 1.29 is 13.7 Å². The Morgan fingerprint density at radius 1 is 1.30 bits per heavy atom. The van der Waals surface area contributed by atoms with Gasteiger partial charge in [-0.3, -0.25) is 9.69 Å². The van der Waals surface area contributed by atoms with Gasteiger partial charge in [-0.2, -0.15) is 4.98 Å². The number of carbonyl (C=O) groups excluding carboxylic acids is 1. The minimum Gasteiger partial charge on any atom is -0.347 e.